The maximum absolute atomic E-state index is 12.6. The zero-order valence-corrected chi connectivity index (χ0v) is 20.0. The van der Waals surface area contributed by atoms with Crippen LogP contribution in [0.1, 0.15) is 52.9 Å². The fraction of sp³-hybridized carbons (Fsp3) is 0.609. The Labute approximate surface area is 195 Å². The maximum Gasteiger partial charge on any atom is 0.228 e. The zero-order chi connectivity index (χ0) is 23.1. The predicted molar refractivity (Wildman–Crippen MR) is 131 cm³/mol. The third kappa shape index (κ3) is 4.25. The quantitative estimate of drug-likeness (QED) is 0.707. The number of amides is 1. The molecule has 1 aliphatic carbocycles. The number of benzene rings is 1. The summed E-state index contributed by atoms with van der Waals surface area (Å²) in [6.45, 7) is 8.77. The summed E-state index contributed by atoms with van der Waals surface area (Å²) in [5.74, 6) is 0.791. The molecule has 174 valence electrons. The van der Waals surface area contributed by atoms with E-state index in [4.69, 9.17) is 28.1 Å². The van der Waals surface area contributed by atoms with Crippen LogP contribution in [0.3, 0.4) is 0 Å². The lowest BCUT2D eigenvalue weighted by atomic mass is 9.87. The summed E-state index contributed by atoms with van der Waals surface area (Å²) >= 11 is 6.77. The van der Waals surface area contributed by atoms with E-state index in [0.717, 1.165) is 50.1 Å². The summed E-state index contributed by atoms with van der Waals surface area (Å²) in [7, 11) is 0. The predicted octanol–water partition coefficient (Wildman–Crippen LogP) is 3.14. The van der Waals surface area contributed by atoms with Crippen molar-refractivity contribution < 1.29 is 4.79 Å². The van der Waals surface area contributed by atoms with Gasteiger partial charge in [-0.15, -0.1) is 0 Å². The molecular weight excluding hydrogens is 426 g/mol. The van der Waals surface area contributed by atoms with Gasteiger partial charge in [0.25, 0.3) is 0 Å². The van der Waals surface area contributed by atoms with Crippen molar-refractivity contribution >= 4 is 40.8 Å². The lowest BCUT2D eigenvalue weighted by Crippen LogP contribution is -2.58. The van der Waals surface area contributed by atoms with Crippen LogP contribution in [0.25, 0.3) is 0 Å². The van der Waals surface area contributed by atoms with Crippen LogP contribution in [0.5, 0.6) is 0 Å². The number of anilines is 2. The molecule has 3 aliphatic rings. The topological polar surface area (TPSA) is 104 Å². The Balaban J connectivity index is 1.54. The van der Waals surface area contributed by atoms with E-state index in [9.17, 15) is 4.79 Å². The normalized spacial score (nSPS) is 21.4. The molecule has 8 nitrogen and oxygen atoms in total. The van der Waals surface area contributed by atoms with Gasteiger partial charge in [-0.1, -0.05) is 38.8 Å². The Morgan fingerprint density at radius 1 is 1.06 bits per heavy atom. The van der Waals surface area contributed by atoms with E-state index in [1.54, 1.807) is 0 Å². The number of aliphatic imine (C=N–C) groups is 2. The molecule has 0 radical (unpaired) electrons. The minimum Gasteiger partial charge on any atom is -0.369 e. The largest absolute Gasteiger partial charge is 0.369 e. The molecule has 0 atom stereocenters. The molecule has 9 heteroatoms. The van der Waals surface area contributed by atoms with Crippen LogP contribution in [-0.2, 0) is 4.79 Å². The highest BCUT2D eigenvalue weighted by Crippen LogP contribution is 2.41. The van der Waals surface area contributed by atoms with Gasteiger partial charge in [0.15, 0.2) is 0 Å². The summed E-state index contributed by atoms with van der Waals surface area (Å²) in [4.78, 5) is 27.7. The van der Waals surface area contributed by atoms with E-state index in [1.807, 2.05) is 48.8 Å². The molecule has 0 bridgehead atoms. The molecule has 2 heterocycles. The molecular formula is C23H34ClN7O. The molecule has 1 amide bonds. The van der Waals surface area contributed by atoms with E-state index in [1.165, 1.54) is 6.42 Å². The van der Waals surface area contributed by atoms with Gasteiger partial charge in [0.2, 0.25) is 17.8 Å². The van der Waals surface area contributed by atoms with Crippen molar-refractivity contribution in [2.75, 3.05) is 36.0 Å². The van der Waals surface area contributed by atoms with Crippen LogP contribution in [0.4, 0.5) is 11.4 Å². The van der Waals surface area contributed by atoms with Crippen LogP contribution in [0.2, 0.25) is 5.02 Å². The number of halogens is 1. The third-order valence-corrected chi connectivity index (χ3v) is 6.89. The number of nitrogens with two attached hydrogens (primary N) is 2. The number of hydrogen-bond donors (Lipinski definition) is 2. The monoisotopic (exact) mass is 459 g/mol. The molecule has 2 fully saturated rings. The van der Waals surface area contributed by atoms with Crippen molar-refractivity contribution in [1.29, 1.82) is 0 Å². The molecule has 1 spiro atoms. The van der Waals surface area contributed by atoms with Crippen molar-refractivity contribution in [2.45, 2.75) is 58.5 Å². The van der Waals surface area contributed by atoms with Crippen molar-refractivity contribution in [3.05, 3.63) is 23.2 Å². The first kappa shape index (κ1) is 22.7. The number of piperazine rings is 1. The average Bonchev–Trinajstić information content (AvgIpc) is 2.73. The lowest BCUT2D eigenvalue weighted by molar-refractivity contribution is -0.139. The number of nitrogens with zero attached hydrogens (tertiary/aromatic N) is 5. The number of carbonyl (C=O) groups is 1. The Hall–Kier alpha value is -2.48. The molecule has 32 heavy (non-hydrogen) atoms. The summed E-state index contributed by atoms with van der Waals surface area (Å²) in [5, 5.41) is 0.652. The zero-order valence-electron chi connectivity index (χ0n) is 19.3. The third-order valence-electron chi connectivity index (χ3n) is 6.59. The van der Waals surface area contributed by atoms with Crippen molar-refractivity contribution in [1.82, 2.24) is 4.90 Å². The molecule has 1 aromatic rings. The second kappa shape index (κ2) is 8.46. The smallest absolute Gasteiger partial charge is 0.228 e. The van der Waals surface area contributed by atoms with E-state index in [0.29, 0.717) is 24.1 Å². The Morgan fingerprint density at radius 2 is 1.72 bits per heavy atom. The van der Waals surface area contributed by atoms with E-state index in [-0.39, 0.29) is 17.3 Å². The van der Waals surface area contributed by atoms with Gasteiger partial charge < -0.3 is 21.3 Å². The van der Waals surface area contributed by atoms with Crippen LogP contribution >= 0.6 is 11.6 Å². The number of rotatable bonds is 2. The molecule has 4 N–H and O–H groups in total. The van der Waals surface area contributed by atoms with E-state index in [2.05, 4.69) is 9.89 Å². The van der Waals surface area contributed by atoms with Crippen LogP contribution in [-0.4, -0.2) is 54.6 Å². The molecule has 0 aromatic heterocycles. The second-order valence-corrected chi connectivity index (χ2v) is 10.4. The molecule has 1 saturated heterocycles. The highest BCUT2D eigenvalue weighted by Gasteiger charge is 2.42. The van der Waals surface area contributed by atoms with Crippen LogP contribution in [0, 0.1) is 5.41 Å². The number of carbonyl (C=O) groups excluding carboxylic acids is 1. The van der Waals surface area contributed by atoms with Crippen LogP contribution in [0.15, 0.2) is 28.2 Å². The van der Waals surface area contributed by atoms with Gasteiger partial charge in [-0.3, -0.25) is 9.69 Å². The van der Waals surface area contributed by atoms with Gasteiger partial charge >= 0.3 is 0 Å². The summed E-state index contributed by atoms with van der Waals surface area (Å²) in [5.41, 5.74) is 13.3. The summed E-state index contributed by atoms with van der Waals surface area (Å²) in [6.07, 6.45) is 5.10. The van der Waals surface area contributed by atoms with Gasteiger partial charge in [-0.25, -0.2) is 4.99 Å². The summed E-state index contributed by atoms with van der Waals surface area (Å²) < 4.78 is 0. The van der Waals surface area contributed by atoms with Crippen molar-refractivity contribution in [3.8, 4) is 0 Å². The van der Waals surface area contributed by atoms with Crippen molar-refractivity contribution in [3.63, 3.8) is 0 Å². The fourth-order valence-corrected chi connectivity index (χ4v) is 5.31. The molecule has 1 aromatic carbocycles. The molecule has 2 aliphatic heterocycles. The van der Waals surface area contributed by atoms with Gasteiger partial charge in [0.1, 0.15) is 5.66 Å². The van der Waals surface area contributed by atoms with Gasteiger partial charge in [0, 0.05) is 37.3 Å². The number of guanidine groups is 2. The fourth-order valence-electron chi connectivity index (χ4n) is 5.01. The van der Waals surface area contributed by atoms with Gasteiger partial charge in [-0.05, 0) is 43.9 Å². The first-order chi connectivity index (χ1) is 15.1. The van der Waals surface area contributed by atoms with E-state index >= 15 is 0 Å². The van der Waals surface area contributed by atoms with Gasteiger partial charge in [-0.2, -0.15) is 4.99 Å². The second-order valence-electron chi connectivity index (χ2n) is 9.98. The average molecular weight is 460 g/mol. The van der Waals surface area contributed by atoms with E-state index < -0.39 is 5.66 Å². The highest BCUT2D eigenvalue weighted by atomic mass is 35.5. The number of hydrogen-bond acceptors (Lipinski definition) is 7. The minimum absolute atomic E-state index is 0.191. The van der Waals surface area contributed by atoms with Crippen molar-refractivity contribution in [2.24, 2.45) is 26.9 Å². The molecule has 1 saturated carbocycles. The minimum atomic E-state index is -0.488. The SMILES string of the molecule is CC(C)(C)C(=O)N1CCN(c2ccc(N3C(N)=NC(N)=NC34CCCCC4)cc2Cl)CC1. The first-order valence-electron chi connectivity index (χ1n) is 11.4. The Bertz CT molecular complexity index is 938. The molecule has 0 unspecified atom stereocenters. The summed E-state index contributed by atoms with van der Waals surface area (Å²) in [6, 6.07) is 6.01. The lowest BCUT2D eigenvalue weighted by Gasteiger charge is -2.45. The molecule has 4 rings (SSSR count). The highest BCUT2D eigenvalue weighted by molar-refractivity contribution is 6.33. The Kier molecular flexibility index (Phi) is 6.00. The van der Waals surface area contributed by atoms with Crippen LogP contribution < -0.4 is 21.3 Å². The first-order valence-corrected chi connectivity index (χ1v) is 11.8. The standard InChI is InChI=1S/C23H34ClN7O/c1-22(2,3)19(32)30-13-11-29(12-14-30)18-8-7-16(15-17(18)24)31-21(26)27-20(25)28-23(31)9-5-4-6-10-23/h7-8,15H,4-6,9-14H2,1-3H3,(H4,25,26,27,28). The van der Waals surface area contributed by atoms with Gasteiger partial charge in [0.05, 0.1) is 10.7 Å². The Morgan fingerprint density at radius 3 is 2.31 bits per heavy atom. The maximum atomic E-state index is 12.6.